The molecule has 1 aliphatic carbocycles. The minimum atomic E-state index is -3.47. The zero-order chi connectivity index (χ0) is 26.0. The average molecular weight is 539 g/mol. The lowest BCUT2D eigenvalue weighted by molar-refractivity contribution is 0.483. The SMILES string of the molecule is CC(C)Nc1cc(Nc2ccnc(-c3cnn(S(=O)(=O)C4CC4)c3)n2)ncc1C#Cc1csc(CF)n1. The number of pyridine rings is 1. The molecule has 4 aromatic rings. The van der Waals surface area contributed by atoms with E-state index in [1.807, 2.05) is 19.9 Å². The van der Waals surface area contributed by atoms with Crippen molar-refractivity contribution in [3.63, 3.8) is 0 Å². The third-order valence-electron chi connectivity index (χ3n) is 5.28. The Hall–Kier alpha value is -3.89. The van der Waals surface area contributed by atoms with Crippen molar-refractivity contribution in [3.05, 3.63) is 58.6 Å². The average Bonchev–Trinajstić information content (AvgIpc) is 3.44. The summed E-state index contributed by atoms with van der Waals surface area (Å²) in [5.41, 5.74) is 2.44. The molecule has 0 saturated heterocycles. The third kappa shape index (κ3) is 5.76. The Morgan fingerprint density at radius 3 is 2.76 bits per heavy atom. The van der Waals surface area contributed by atoms with Gasteiger partial charge in [0.1, 0.15) is 29.0 Å². The number of nitrogens with one attached hydrogen (secondary N) is 2. The molecule has 0 radical (unpaired) electrons. The molecule has 4 aromatic heterocycles. The molecule has 0 spiro atoms. The minimum Gasteiger partial charge on any atom is -0.382 e. The number of halogens is 1. The second kappa shape index (κ2) is 10.2. The molecule has 4 heterocycles. The topological polar surface area (TPSA) is 128 Å². The number of thiazole rings is 1. The lowest BCUT2D eigenvalue weighted by atomic mass is 10.2. The fourth-order valence-corrected chi connectivity index (χ4v) is 5.44. The van der Waals surface area contributed by atoms with E-state index in [1.165, 1.54) is 23.7 Å². The monoisotopic (exact) mass is 538 g/mol. The second-order valence-corrected chi connectivity index (χ2v) is 11.7. The van der Waals surface area contributed by atoms with E-state index >= 15 is 0 Å². The molecule has 0 unspecified atom stereocenters. The highest BCUT2D eigenvalue weighted by molar-refractivity contribution is 7.90. The van der Waals surface area contributed by atoms with Gasteiger partial charge in [0.2, 0.25) is 0 Å². The maximum absolute atomic E-state index is 12.8. The molecule has 1 aliphatic rings. The Morgan fingerprint density at radius 2 is 2.03 bits per heavy atom. The number of rotatable bonds is 8. The lowest BCUT2D eigenvalue weighted by Gasteiger charge is -2.14. The van der Waals surface area contributed by atoms with Gasteiger partial charge < -0.3 is 10.6 Å². The number of aromatic nitrogens is 6. The van der Waals surface area contributed by atoms with Crippen LogP contribution in [0.5, 0.6) is 0 Å². The van der Waals surface area contributed by atoms with Gasteiger partial charge in [-0.2, -0.15) is 9.19 Å². The molecule has 0 aromatic carbocycles. The van der Waals surface area contributed by atoms with Crippen LogP contribution in [0.15, 0.2) is 42.3 Å². The van der Waals surface area contributed by atoms with Crippen molar-refractivity contribution < 1.29 is 12.8 Å². The quantitative estimate of drug-likeness (QED) is 0.320. The van der Waals surface area contributed by atoms with Crippen LogP contribution < -0.4 is 10.6 Å². The highest BCUT2D eigenvalue weighted by Gasteiger charge is 2.37. The highest BCUT2D eigenvalue weighted by atomic mass is 32.2. The summed E-state index contributed by atoms with van der Waals surface area (Å²) in [5, 5.41) is 12.3. The molecule has 37 heavy (non-hydrogen) atoms. The lowest BCUT2D eigenvalue weighted by Crippen LogP contribution is -2.17. The van der Waals surface area contributed by atoms with Crippen molar-refractivity contribution in [1.29, 1.82) is 0 Å². The molecule has 0 atom stereocenters. The van der Waals surface area contributed by atoms with Crippen LogP contribution >= 0.6 is 11.3 Å². The van der Waals surface area contributed by atoms with Gasteiger partial charge in [-0.15, -0.1) is 11.3 Å². The molecule has 2 N–H and O–H groups in total. The Labute approximate surface area is 217 Å². The fraction of sp³-hybridized carbons (Fsp3) is 0.292. The van der Waals surface area contributed by atoms with E-state index in [9.17, 15) is 12.8 Å². The Balaban J connectivity index is 1.37. The van der Waals surface area contributed by atoms with Crippen LogP contribution in [-0.4, -0.2) is 48.8 Å². The fourth-order valence-electron chi connectivity index (χ4n) is 3.39. The number of alkyl halides is 1. The predicted octanol–water partition coefficient (Wildman–Crippen LogP) is 3.97. The summed E-state index contributed by atoms with van der Waals surface area (Å²) >= 11 is 1.23. The van der Waals surface area contributed by atoms with Gasteiger partial charge in [0.25, 0.3) is 10.0 Å². The maximum Gasteiger partial charge on any atom is 0.256 e. The van der Waals surface area contributed by atoms with E-state index in [4.69, 9.17) is 0 Å². The molecule has 0 amide bonds. The molecule has 1 fully saturated rings. The number of hydrogen-bond donors (Lipinski definition) is 2. The molecule has 0 bridgehead atoms. The third-order valence-corrected chi connectivity index (χ3v) is 8.12. The molecular formula is C24H23FN8O2S2. The first-order valence-electron chi connectivity index (χ1n) is 11.5. The zero-order valence-electron chi connectivity index (χ0n) is 20.0. The van der Waals surface area contributed by atoms with Gasteiger partial charge in [-0.3, -0.25) is 0 Å². The first-order chi connectivity index (χ1) is 17.8. The summed E-state index contributed by atoms with van der Waals surface area (Å²) in [5.74, 6) is 7.35. The van der Waals surface area contributed by atoms with Crippen LogP contribution in [0.3, 0.4) is 0 Å². The van der Waals surface area contributed by atoms with Crippen molar-refractivity contribution in [1.82, 2.24) is 29.1 Å². The van der Waals surface area contributed by atoms with Crippen LogP contribution in [0.25, 0.3) is 11.4 Å². The Bertz CT molecular complexity index is 1600. The van der Waals surface area contributed by atoms with E-state index in [0.29, 0.717) is 52.1 Å². The zero-order valence-corrected chi connectivity index (χ0v) is 21.6. The van der Waals surface area contributed by atoms with Gasteiger partial charge in [0.15, 0.2) is 5.82 Å². The van der Waals surface area contributed by atoms with Crippen LogP contribution in [0, 0.1) is 11.8 Å². The summed E-state index contributed by atoms with van der Waals surface area (Å²) in [6.45, 7) is 3.42. The van der Waals surface area contributed by atoms with Gasteiger partial charge in [-0.1, -0.05) is 5.92 Å². The van der Waals surface area contributed by atoms with Crippen molar-refractivity contribution in [2.24, 2.45) is 0 Å². The van der Waals surface area contributed by atoms with Crippen LogP contribution in [-0.2, 0) is 16.7 Å². The summed E-state index contributed by atoms with van der Waals surface area (Å²) in [6, 6.07) is 3.65. The van der Waals surface area contributed by atoms with Crippen LogP contribution in [0.4, 0.5) is 21.7 Å². The van der Waals surface area contributed by atoms with Crippen LogP contribution in [0.1, 0.15) is 43.0 Å². The molecule has 10 nitrogen and oxygen atoms in total. The summed E-state index contributed by atoms with van der Waals surface area (Å²) in [6.07, 6.45) is 7.39. The highest BCUT2D eigenvalue weighted by Crippen LogP contribution is 2.30. The summed E-state index contributed by atoms with van der Waals surface area (Å²) in [7, 11) is -3.47. The minimum absolute atomic E-state index is 0.141. The molecule has 0 aliphatic heterocycles. The largest absolute Gasteiger partial charge is 0.382 e. The van der Waals surface area contributed by atoms with Crippen LogP contribution in [0.2, 0.25) is 0 Å². The van der Waals surface area contributed by atoms with E-state index in [2.05, 4.69) is 47.5 Å². The number of hydrogen-bond acceptors (Lipinski definition) is 10. The van der Waals surface area contributed by atoms with E-state index in [1.54, 1.807) is 23.8 Å². The molecule has 13 heteroatoms. The predicted molar refractivity (Wildman–Crippen MR) is 140 cm³/mol. The normalized spacial score (nSPS) is 13.3. The maximum atomic E-state index is 12.8. The summed E-state index contributed by atoms with van der Waals surface area (Å²) < 4.78 is 38.6. The standard InChI is InChI=1S/C24H23FN8O2S2/c1-15(2)29-20-9-22(27-11-16(20)3-4-18-14-36-23(10-25)30-18)31-21-7-8-26-24(32-21)17-12-28-33(13-17)37(34,35)19-5-6-19/h7-9,11-15,19H,5-6,10H2,1-2H3,(H2,26,27,29,31,32). The Morgan fingerprint density at radius 1 is 1.19 bits per heavy atom. The summed E-state index contributed by atoms with van der Waals surface area (Å²) in [4.78, 5) is 17.3. The molecule has 190 valence electrons. The van der Waals surface area contributed by atoms with Crippen molar-refractivity contribution in [3.8, 4) is 23.2 Å². The first kappa shape index (κ1) is 24.8. The van der Waals surface area contributed by atoms with Crippen molar-refractivity contribution in [2.45, 2.75) is 44.7 Å². The van der Waals surface area contributed by atoms with E-state index < -0.39 is 16.7 Å². The van der Waals surface area contributed by atoms with Crippen molar-refractivity contribution in [2.75, 3.05) is 10.6 Å². The van der Waals surface area contributed by atoms with Gasteiger partial charge in [0, 0.05) is 29.9 Å². The second-order valence-electron chi connectivity index (χ2n) is 8.66. The first-order valence-corrected chi connectivity index (χ1v) is 13.9. The smallest absolute Gasteiger partial charge is 0.256 e. The van der Waals surface area contributed by atoms with Crippen molar-refractivity contribution >= 4 is 38.7 Å². The van der Waals surface area contributed by atoms with Gasteiger partial charge >= 0.3 is 0 Å². The van der Waals surface area contributed by atoms with E-state index in [0.717, 1.165) is 9.77 Å². The molecular weight excluding hydrogens is 515 g/mol. The van der Waals surface area contributed by atoms with Gasteiger partial charge in [-0.25, -0.2) is 32.7 Å². The molecule has 1 saturated carbocycles. The number of nitrogens with zero attached hydrogens (tertiary/aromatic N) is 6. The Kier molecular flexibility index (Phi) is 6.86. The van der Waals surface area contributed by atoms with Gasteiger partial charge in [-0.05, 0) is 38.7 Å². The number of anilines is 3. The van der Waals surface area contributed by atoms with Gasteiger partial charge in [0.05, 0.1) is 34.5 Å². The molecule has 5 rings (SSSR count). The van der Waals surface area contributed by atoms with E-state index in [-0.39, 0.29) is 11.3 Å².